The first-order chi connectivity index (χ1) is 7.70. The zero-order valence-corrected chi connectivity index (χ0v) is 10.2. The highest BCUT2D eigenvalue weighted by Gasteiger charge is 2.05. The van der Waals surface area contributed by atoms with Crippen molar-refractivity contribution in [2.45, 2.75) is 6.54 Å². The molecule has 3 heteroatoms. The molecule has 0 saturated heterocycles. The number of hydrogen-bond donors (Lipinski definition) is 1. The minimum atomic E-state index is -0.235. The summed E-state index contributed by atoms with van der Waals surface area (Å²) >= 11 is 3.37. The van der Waals surface area contributed by atoms with E-state index in [1.165, 1.54) is 6.07 Å². The summed E-state index contributed by atoms with van der Waals surface area (Å²) in [6.45, 7) is 0.357. The summed E-state index contributed by atoms with van der Waals surface area (Å²) in [4.78, 5) is 0. The summed E-state index contributed by atoms with van der Waals surface area (Å²) in [6.07, 6.45) is 0. The second-order valence-corrected chi connectivity index (χ2v) is 4.44. The van der Waals surface area contributed by atoms with Gasteiger partial charge in [-0.2, -0.15) is 0 Å². The van der Waals surface area contributed by atoms with Gasteiger partial charge in [0.1, 0.15) is 5.82 Å². The molecule has 0 heterocycles. The Morgan fingerprint density at radius 1 is 1.12 bits per heavy atom. The average Bonchev–Trinajstić information content (AvgIpc) is 2.28. The van der Waals surface area contributed by atoms with Crippen LogP contribution < -0.4 is 5.73 Å². The average molecular weight is 280 g/mol. The van der Waals surface area contributed by atoms with Gasteiger partial charge in [0, 0.05) is 16.6 Å². The molecule has 0 aromatic heterocycles. The van der Waals surface area contributed by atoms with Gasteiger partial charge in [-0.25, -0.2) is 4.39 Å². The largest absolute Gasteiger partial charge is 0.326 e. The number of nitrogens with two attached hydrogens (primary N) is 1. The van der Waals surface area contributed by atoms with Crippen molar-refractivity contribution in [1.82, 2.24) is 0 Å². The lowest BCUT2D eigenvalue weighted by molar-refractivity contribution is 0.629. The van der Waals surface area contributed by atoms with Crippen LogP contribution in [0.1, 0.15) is 5.56 Å². The zero-order valence-electron chi connectivity index (χ0n) is 8.58. The first kappa shape index (κ1) is 11.3. The Bertz CT molecular complexity index is 511. The van der Waals surface area contributed by atoms with Crippen LogP contribution in [0.2, 0.25) is 0 Å². The van der Waals surface area contributed by atoms with Crippen LogP contribution in [0.3, 0.4) is 0 Å². The Labute approximate surface area is 102 Å². The summed E-state index contributed by atoms with van der Waals surface area (Å²) in [5.41, 5.74) is 7.71. The highest BCUT2D eigenvalue weighted by atomic mass is 79.9. The molecular formula is C13H11BrFN. The quantitative estimate of drug-likeness (QED) is 0.891. The van der Waals surface area contributed by atoms with E-state index in [-0.39, 0.29) is 5.82 Å². The summed E-state index contributed by atoms with van der Waals surface area (Å²) in [7, 11) is 0. The van der Waals surface area contributed by atoms with Crippen molar-refractivity contribution in [2.24, 2.45) is 5.73 Å². The van der Waals surface area contributed by atoms with E-state index in [9.17, 15) is 4.39 Å². The van der Waals surface area contributed by atoms with E-state index in [2.05, 4.69) is 15.9 Å². The molecule has 0 aliphatic carbocycles. The smallest absolute Gasteiger partial charge is 0.131 e. The second-order valence-electron chi connectivity index (χ2n) is 3.53. The third-order valence-electron chi connectivity index (χ3n) is 2.40. The van der Waals surface area contributed by atoms with Crippen molar-refractivity contribution < 1.29 is 4.39 Å². The molecule has 0 bridgehead atoms. The molecule has 0 unspecified atom stereocenters. The lowest BCUT2D eigenvalue weighted by Crippen LogP contribution is -1.97. The van der Waals surface area contributed by atoms with E-state index < -0.39 is 0 Å². The minimum absolute atomic E-state index is 0.235. The van der Waals surface area contributed by atoms with Gasteiger partial charge in [0.15, 0.2) is 0 Å². The third-order valence-corrected chi connectivity index (χ3v) is 2.90. The SMILES string of the molecule is NCc1ccc(-c2cccc(Br)c2)c(F)c1. The van der Waals surface area contributed by atoms with E-state index in [0.29, 0.717) is 12.1 Å². The lowest BCUT2D eigenvalue weighted by atomic mass is 10.0. The van der Waals surface area contributed by atoms with Gasteiger partial charge in [-0.3, -0.25) is 0 Å². The Balaban J connectivity index is 2.48. The fraction of sp³-hybridized carbons (Fsp3) is 0.0769. The van der Waals surface area contributed by atoms with Gasteiger partial charge >= 0.3 is 0 Å². The predicted octanol–water partition coefficient (Wildman–Crippen LogP) is 3.71. The maximum atomic E-state index is 13.8. The molecule has 16 heavy (non-hydrogen) atoms. The molecule has 0 aliphatic rings. The highest BCUT2D eigenvalue weighted by Crippen LogP contribution is 2.26. The summed E-state index contributed by atoms with van der Waals surface area (Å²) in [6, 6.07) is 12.7. The molecule has 0 aliphatic heterocycles. The number of halogens is 2. The van der Waals surface area contributed by atoms with Gasteiger partial charge in [0.05, 0.1) is 0 Å². The highest BCUT2D eigenvalue weighted by molar-refractivity contribution is 9.10. The van der Waals surface area contributed by atoms with E-state index >= 15 is 0 Å². The summed E-state index contributed by atoms with van der Waals surface area (Å²) in [5.74, 6) is -0.235. The summed E-state index contributed by atoms with van der Waals surface area (Å²) < 4.78 is 14.7. The minimum Gasteiger partial charge on any atom is -0.326 e. The molecule has 2 aromatic carbocycles. The number of rotatable bonds is 2. The standard InChI is InChI=1S/C13H11BrFN/c14-11-3-1-2-10(7-11)12-5-4-9(8-16)6-13(12)15/h1-7H,8,16H2. The number of hydrogen-bond acceptors (Lipinski definition) is 1. The molecule has 2 rings (SSSR count). The molecule has 2 N–H and O–H groups in total. The van der Waals surface area contributed by atoms with Gasteiger partial charge < -0.3 is 5.73 Å². The molecule has 1 nitrogen and oxygen atoms in total. The topological polar surface area (TPSA) is 26.0 Å². The van der Waals surface area contributed by atoms with Crippen LogP contribution in [0.5, 0.6) is 0 Å². The van der Waals surface area contributed by atoms with Gasteiger partial charge in [0.25, 0.3) is 0 Å². The zero-order chi connectivity index (χ0) is 11.5. The molecule has 0 fully saturated rings. The van der Waals surface area contributed by atoms with E-state index in [1.54, 1.807) is 6.07 Å². The molecular weight excluding hydrogens is 269 g/mol. The van der Waals surface area contributed by atoms with Gasteiger partial charge in [0.2, 0.25) is 0 Å². The maximum absolute atomic E-state index is 13.8. The van der Waals surface area contributed by atoms with E-state index in [0.717, 1.165) is 15.6 Å². The Morgan fingerprint density at radius 3 is 2.56 bits per heavy atom. The maximum Gasteiger partial charge on any atom is 0.131 e. The molecule has 0 saturated carbocycles. The molecule has 0 amide bonds. The van der Waals surface area contributed by atoms with Gasteiger partial charge in [-0.05, 0) is 29.3 Å². The molecule has 2 aromatic rings. The van der Waals surface area contributed by atoms with Crippen LogP contribution in [0.25, 0.3) is 11.1 Å². The normalized spacial score (nSPS) is 10.4. The van der Waals surface area contributed by atoms with Crippen LogP contribution in [0.4, 0.5) is 4.39 Å². The first-order valence-corrected chi connectivity index (χ1v) is 5.74. The lowest BCUT2D eigenvalue weighted by Gasteiger charge is -2.05. The van der Waals surface area contributed by atoms with Crippen LogP contribution >= 0.6 is 15.9 Å². The fourth-order valence-corrected chi connectivity index (χ4v) is 1.97. The Morgan fingerprint density at radius 2 is 1.94 bits per heavy atom. The molecule has 0 spiro atoms. The van der Waals surface area contributed by atoms with E-state index in [4.69, 9.17) is 5.73 Å². The second kappa shape index (κ2) is 4.76. The summed E-state index contributed by atoms with van der Waals surface area (Å²) in [5, 5.41) is 0. The monoisotopic (exact) mass is 279 g/mol. The van der Waals surface area contributed by atoms with Crippen molar-refractivity contribution >= 4 is 15.9 Å². The van der Waals surface area contributed by atoms with Crippen LogP contribution in [0, 0.1) is 5.82 Å². The Kier molecular flexibility index (Phi) is 3.36. The predicted molar refractivity (Wildman–Crippen MR) is 67.4 cm³/mol. The molecule has 0 atom stereocenters. The van der Waals surface area contributed by atoms with Crippen LogP contribution in [0.15, 0.2) is 46.9 Å². The van der Waals surface area contributed by atoms with E-state index in [1.807, 2.05) is 30.3 Å². The van der Waals surface area contributed by atoms with Crippen molar-refractivity contribution in [2.75, 3.05) is 0 Å². The molecule has 82 valence electrons. The van der Waals surface area contributed by atoms with Crippen molar-refractivity contribution in [3.8, 4) is 11.1 Å². The number of benzene rings is 2. The fourth-order valence-electron chi connectivity index (χ4n) is 1.58. The van der Waals surface area contributed by atoms with Crippen LogP contribution in [-0.2, 0) is 6.54 Å². The molecule has 0 radical (unpaired) electrons. The first-order valence-electron chi connectivity index (χ1n) is 4.95. The third kappa shape index (κ3) is 2.31. The van der Waals surface area contributed by atoms with Crippen LogP contribution in [-0.4, -0.2) is 0 Å². The van der Waals surface area contributed by atoms with Crippen molar-refractivity contribution in [3.63, 3.8) is 0 Å². The van der Waals surface area contributed by atoms with Crippen molar-refractivity contribution in [1.29, 1.82) is 0 Å². The van der Waals surface area contributed by atoms with Gasteiger partial charge in [-0.15, -0.1) is 0 Å². The van der Waals surface area contributed by atoms with Crippen molar-refractivity contribution in [3.05, 3.63) is 58.3 Å². The Hall–Kier alpha value is -1.19. The van der Waals surface area contributed by atoms with Gasteiger partial charge in [-0.1, -0.05) is 40.2 Å².